The standard InChI is InChI=1S/C25H31N3O2/c1-19(2)18-28-22-11-7-6-10-21(22)27-23(28)12-15-26-24(29)25(13-16-30-17-14-25)20-8-4-3-5-9-20/h3-11,19H,12-18H2,1-2H3,(H,26,29). The molecular weight excluding hydrogens is 374 g/mol. The average molecular weight is 406 g/mol. The minimum Gasteiger partial charge on any atom is -0.381 e. The van der Waals surface area contributed by atoms with Gasteiger partial charge in [-0.2, -0.15) is 0 Å². The molecule has 0 aliphatic carbocycles. The molecule has 1 amide bonds. The number of rotatable bonds is 7. The van der Waals surface area contributed by atoms with Crippen molar-refractivity contribution in [1.29, 1.82) is 0 Å². The number of aromatic nitrogens is 2. The fourth-order valence-corrected chi connectivity index (χ4v) is 4.47. The minimum absolute atomic E-state index is 0.100. The second kappa shape index (κ2) is 9.00. The van der Waals surface area contributed by atoms with Crippen LogP contribution in [0, 0.1) is 5.92 Å². The predicted octanol–water partition coefficient (Wildman–Crippen LogP) is 4.10. The lowest BCUT2D eigenvalue weighted by Gasteiger charge is -2.36. The molecule has 3 aromatic rings. The van der Waals surface area contributed by atoms with E-state index in [0.717, 1.165) is 29.0 Å². The van der Waals surface area contributed by atoms with Gasteiger partial charge in [0.25, 0.3) is 0 Å². The van der Waals surface area contributed by atoms with Gasteiger partial charge in [0.15, 0.2) is 0 Å². The zero-order valence-corrected chi connectivity index (χ0v) is 17.9. The van der Waals surface area contributed by atoms with E-state index in [1.165, 1.54) is 0 Å². The normalized spacial score (nSPS) is 16.1. The van der Waals surface area contributed by atoms with Crippen LogP contribution in [0.25, 0.3) is 11.0 Å². The second-order valence-electron chi connectivity index (χ2n) is 8.59. The Labute approximate surface area is 178 Å². The SMILES string of the molecule is CC(C)Cn1c(CCNC(=O)C2(c3ccccc3)CCOCC2)nc2ccccc21. The molecule has 1 aliphatic heterocycles. The maximum Gasteiger partial charge on any atom is 0.230 e. The van der Waals surface area contributed by atoms with Gasteiger partial charge in [0, 0.05) is 32.7 Å². The molecule has 4 rings (SSSR count). The van der Waals surface area contributed by atoms with Crippen LogP contribution >= 0.6 is 0 Å². The van der Waals surface area contributed by atoms with E-state index in [0.29, 0.717) is 44.9 Å². The first kappa shape index (κ1) is 20.6. The van der Waals surface area contributed by atoms with Gasteiger partial charge in [-0.3, -0.25) is 4.79 Å². The Bertz CT molecular complexity index is 988. The van der Waals surface area contributed by atoms with Crippen molar-refractivity contribution < 1.29 is 9.53 Å². The molecule has 5 heteroatoms. The Hall–Kier alpha value is -2.66. The molecule has 158 valence electrons. The largest absolute Gasteiger partial charge is 0.381 e. The summed E-state index contributed by atoms with van der Waals surface area (Å²) in [5, 5.41) is 3.22. The lowest BCUT2D eigenvalue weighted by atomic mass is 9.73. The third-order valence-electron chi connectivity index (χ3n) is 6.02. The number of carbonyl (C=O) groups is 1. The molecule has 1 N–H and O–H groups in total. The summed E-state index contributed by atoms with van der Waals surface area (Å²) >= 11 is 0. The highest BCUT2D eigenvalue weighted by molar-refractivity contribution is 5.88. The van der Waals surface area contributed by atoms with Gasteiger partial charge in [-0.25, -0.2) is 4.98 Å². The van der Waals surface area contributed by atoms with Crippen LogP contribution in [0.1, 0.15) is 38.1 Å². The van der Waals surface area contributed by atoms with Crippen LogP contribution in [0.4, 0.5) is 0 Å². The highest BCUT2D eigenvalue weighted by Gasteiger charge is 2.41. The molecule has 1 fully saturated rings. The second-order valence-corrected chi connectivity index (χ2v) is 8.59. The summed E-state index contributed by atoms with van der Waals surface area (Å²) < 4.78 is 7.86. The predicted molar refractivity (Wildman–Crippen MR) is 119 cm³/mol. The number of amides is 1. The lowest BCUT2D eigenvalue weighted by molar-refractivity contribution is -0.130. The van der Waals surface area contributed by atoms with E-state index >= 15 is 0 Å². The van der Waals surface area contributed by atoms with E-state index in [2.05, 4.69) is 54.1 Å². The van der Waals surface area contributed by atoms with Gasteiger partial charge in [0.2, 0.25) is 5.91 Å². The summed E-state index contributed by atoms with van der Waals surface area (Å²) in [6.07, 6.45) is 2.15. The Balaban J connectivity index is 1.50. The molecule has 5 nitrogen and oxygen atoms in total. The number of hydrogen-bond donors (Lipinski definition) is 1. The van der Waals surface area contributed by atoms with Gasteiger partial charge in [-0.1, -0.05) is 56.3 Å². The quantitative estimate of drug-likeness (QED) is 0.644. The van der Waals surface area contributed by atoms with Crippen molar-refractivity contribution in [2.75, 3.05) is 19.8 Å². The smallest absolute Gasteiger partial charge is 0.230 e. The maximum absolute atomic E-state index is 13.4. The average Bonchev–Trinajstić information content (AvgIpc) is 3.11. The van der Waals surface area contributed by atoms with Gasteiger partial charge in [-0.15, -0.1) is 0 Å². The Morgan fingerprint density at radius 1 is 1.10 bits per heavy atom. The summed E-state index contributed by atoms with van der Waals surface area (Å²) in [6.45, 7) is 7.17. The Morgan fingerprint density at radius 3 is 2.53 bits per heavy atom. The van der Waals surface area contributed by atoms with Crippen molar-refractivity contribution in [1.82, 2.24) is 14.9 Å². The van der Waals surface area contributed by atoms with Crippen molar-refractivity contribution in [2.45, 2.75) is 45.1 Å². The topological polar surface area (TPSA) is 56.2 Å². The highest BCUT2D eigenvalue weighted by Crippen LogP contribution is 2.35. The van der Waals surface area contributed by atoms with E-state index in [1.54, 1.807) is 0 Å². The van der Waals surface area contributed by atoms with Crippen LogP contribution in [-0.2, 0) is 27.9 Å². The lowest BCUT2D eigenvalue weighted by Crippen LogP contribution is -2.48. The van der Waals surface area contributed by atoms with Crippen molar-refractivity contribution in [2.24, 2.45) is 5.92 Å². The molecule has 2 aromatic carbocycles. The molecule has 0 bridgehead atoms. The fraction of sp³-hybridized carbons (Fsp3) is 0.440. The van der Waals surface area contributed by atoms with E-state index < -0.39 is 5.41 Å². The van der Waals surface area contributed by atoms with Crippen molar-refractivity contribution in [3.63, 3.8) is 0 Å². The maximum atomic E-state index is 13.4. The fourth-order valence-electron chi connectivity index (χ4n) is 4.47. The molecule has 2 heterocycles. The molecule has 1 aliphatic rings. The molecule has 0 unspecified atom stereocenters. The summed E-state index contributed by atoms with van der Waals surface area (Å²) in [5.41, 5.74) is 2.76. The summed E-state index contributed by atoms with van der Waals surface area (Å²) in [5.74, 6) is 1.66. The summed E-state index contributed by atoms with van der Waals surface area (Å²) in [6, 6.07) is 18.4. The van der Waals surface area contributed by atoms with Crippen LogP contribution in [0.2, 0.25) is 0 Å². The van der Waals surface area contributed by atoms with Crippen LogP contribution < -0.4 is 5.32 Å². The third-order valence-corrected chi connectivity index (χ3v) is 6.02. The van der Waals surface area contributed by atoms with E-state index in [1.807, 2.05) is 24.3 Å². The van der Waals surface area contributed by atoms with Crippen molar-refractivity contribution in [3.05, 3.63) is 66.0 Å². The molecule has 0 saturated carbocycles. The summed E-state index contributed by atoms with van der Waals surface area (Å²) in [7, 11) is 0. The van der Waals surface area contributed by atoms with E-state index in [9.17, 15) is 4.79 Å². The van der Waals surface area contributed by atoms with Gasteiger partial charge >= 0.3 is 0 Å². The Kier molecular flexibility index (Phi) is 6.18. The Morgan fingerprint density at radius 2 is 1.80 bits per heavy atom. The zero-order chi connectivity index (χ0) is 21.0. The number of para-hydroxylation sites is 2. The summed E-state index contributed by atoms with van der Waals surface area (Å²) in [4.78, 5) is 18.2. The third kappa shape index (κ3) is 4.12. The van der Waals surface area contributed by atoms with Gasteiger partial charge < -0.3 is 14.6 Å². The van der Waals surface area contributed by atoms with Gasteiger partial charge in [0.05, 0.1) is 16.4 Å². The number of nitrogens with zero attached hydrogens (tertiary/aromatic N) is 2. The first-order valence-corrected chi connectivity index (χ1v) is 11.0. The first-order chi connectivity index (χ1) is 14.6. The number of imidazole rings is 1. The molecular formula is C25H31N3O2. The first-order valence-electron chi connectivity index (χ1n) is 11.0. The molecule has 1 aromatic heterocycles. The van der Waals surface area contributed by atoms with Gasteiger partial charge in [-0.05, 0) is 36.5 Å². The molecule has 1 saturated heterocycles. The molecule has 0 spiro atoms. The van der Waals surface area contributed by atoms with Crippen LogP contribution in [-0.4, -0.2) is 35.2 Å². The minimum atomic E-state index is -0.502. The number of carbonyl (C=O) groups excluding carboxylic acids is 1. The molecule has 0 atom stereocenters. The number of fused-ring (bicyclic) bond motifs is 1. The number of hydrogen-bond acceptors (Lipinski definition) is 3. The molecule has 30 heavy (non-hydrogen) atoms. The van der Waals surface area contributed by atoms with Crippen LogP contribution in [0.15, 0.2) is 54.6 Å². The van der Waals surface area contributed by atoms with Crippen LogP contribution in [0.3, 0.4) is 0 Å². The zero-order valence-electron chi connectivity index (χ0n) is 17.9. The number of ether oxygens (including phenoxy) is 1. The van der Waals surface area contributed by atoms with Crippen LogP contribution in [0.5, 0.6) is 0 Å². The van der Waals surface area contributed by atoms with E-state index in [-0.39, 0.29) is 5.91 Å². The van der Waals surface area contributed by atoms with Crippen molar-refractivity contribution >= 4 is 16.9 Å². The van der Waals surface area contributed by atoms with Crippen molar-refractivity contribution in [3.8, 4) is 0 Å². The monoisotopic (exact) mass is 405 g/mol. The van der Waals surface area contributed by atoms with E-state index in [4.69, 9.17) is 9.72 Å². The molecule has 0 radical (unpaired) electrons. The van der Waals surface area contributed by atoms with Gasteiger partial charge in [0.1, 0.15) is 5.82 Å². The number of benzene rings is 2. The highest BCUT2D eigenvalue weighted by atomic mass is 16.5. The number of nitrogens with one attached hydrogen (secondary N) is 1.